The molecule has 116 valence electrons. The van der Waals surface area contributed by atoms with Crippen molar-refractivity contribution in [1.82, 2.24) is 10.3 Å². The smallest absolute Gasteiger partial charge is 0.252 e. The minimum absolute atomic E-state index is 0.0695. The molecule has 0 saturated heterocycles. The maximum atomic E-state index is 12.0. The van der Waals surface area contributed by atoms with Crippen LogP contribution in [0, 0.1) is 6.92 Å². The first kappa shape index (κ1) is 16.0. The molecule has 22 heavy (non-hydrogen) atoms. The molecule has 0 radical (unpaired) electrons. The van der Waals surface area contributed by atoms with Gasteiger partial charge in [0.2, 0.25) is 0 Å². The molecule has 0 atom stereocenters. The average molecular weight is 297 g/mol. The molecule has 1 amide bonds. The van der Waals surface area contributed by atoms with Crippen LogP contribution in [-0.4, -0.2) is 17.4 Å². The molecule has 2 aromatic rings. The molecule has 0 unspecified atom stereocenters. The van der Waals surface area contributed by atoms with E-state index in [0.717, 1.165) is 18.5 Å². The van der Waals surface area contributed by atoms with Gasteiger partial charge in [0.15, 0.2) is 0 Å². The molecule has 0 saturated carbocycles. The molecule has 0 bridgehead atoms. The zero-order valence-corrected chi connectivity index (χ0v) is 13.2. The van der Waals surface area contributed by atoms with Crippen LogP contribution < -0.4 is 10.6 Å². The number of nitrogens with one attached hydrogen (secondary N) is 2. The van der Waals surface area contributed by atoms with Crippen LogP contribution in [0.25, 0.3) is 0 Å². The first-order valence-electron chi connectivity index (χ1n) is 7.71. The second kappa shape index (κ2) is 8.17. The van der Waals surface area contributed by atoms with Gasteiger partial charge in [-0.1, -0.05) is 43.2 Å². The van der Waals surface area contributed by atoms with Crippen molar-refractivity contribution in [3.8, 4) is 0 Å². The molecule has 2 rings (SSSR count). The lowest BCUT2D eigenvalue weighted by molar-refractivity contribution is 0.0953. The first-order valence-corrected chi connectivity index (χ1v) is 7.71. The van der Waals surface area contributed by atoms with Crippen LogP contribution in [-0.2, 0) is 6.54 Å². The SMILES string of the molecule is CCCCNC(=O)c1cncc(NCc2ccc(C)cc2)c1. The number of anilines is 1. The van der Waals surface area contributed by atoms with Crippen molar-refractivity contribution in [2.75, 3.05) is 11.9 Å². The maximum Gasteiger partial charge on any atom is 0.252 e. The molecule has 2 N–H and O–H groups in total. The number of rotatable bonds is 7. The van der Waals surface area contributed by atoms with E-state index < -0.39 is 0 Å². The van der Waals surface area contributed by atoms with Crippen molar-refractivity contribution in [2.45, 2.75) is 33.2 Å². The Morgan fingerprint density at radius 2 is 1.95 bits per heavy atom. The highest BCUT2D eigenvalue weighted by molar-refractivity contribution is 5.94. The van der Waals surface area contributed by atoms with Crippen LogP contribution in [0.4, 0.5) is 5.69 Å². The lowest BCUT2D eigenvalue weighted by atomic mass is 10.1. The van der Waals surface area contributed by atoms with E-state index in [0.29, 0.717) is 18.7 Å². The van der Waals surface area contributed by atoms with Crippen LogP contribution in [0.15, 0.2) is 42.7 Å². The van der Waals surface area contributed by atoms with E-state index in [4.69, 9.17) is 0 Å². The Labute approximate surface area is 132 Å². The van der Waals surface area contributed by atoms with E-state index in [2.05, 4.69) is 53.7 Å². The largest absolute Gasteiger partial charge is 0.380 e. The Morgan fingerprint density at radius 1 is 1.18 bits per heavy atom. The highest BCUT2D eigenvalue weighted by atomic mass is 16.1. The summed E-state index contributed by atoms with van der Waals surface area (Å²) < 4.78 is 0. The van der Waals surface area contributed by atoms with Crippen molar-refractivity contribution in [1.29, 1.82) is 0 Å². The molecule has 4 heteroatoms. The number of hydrogen-bond acceptors (Lipinski definition) is 3. The zero-order valence-electron chi connectivity index (χ0n) is 13.2. The lowest BCUT2D eigenvalue weighted by Crippen LogP contribution is -2.24. The molecule has 1 aromatic heterocycles. The monoisotopic (exact) mass is 297 g/mol. The number of benzene rings is 1. The third-order valence-corrected chi connectivity index (χ3v) is 3.43. The number of carbonyl (C=O) groups is 1. The van der Waals surface area contributed by atoms with E-state index in [-0.39, 0.29) is 5.91 Å². The van der Waals surface area contributed by atoms with E-state index >= 15 is 0 Å². The highest BCUT2D eigenvalue weighted by Crippen LogP contribution is 2.11. The van der Waals surface area contributed by atoms with Crippen molar-refractivity contribution >= 4 is 11.6 Å². The van der Waals surface area contributed by atoms with Gasteiger partial charge in [-0.3, -0.25) is 9.78 Å². The minimum Gasteiger partial charge on any atom is -0.380 e. The predicted molar refractivity (Wildman–Crippen MR) is 90.0 cm³/mol. The minimum atomic E-state index is -0.0695. The topological polar surface area (TPSA) is 54.0 Å². The fourth-order valence-electron chi connectivity index (χ4n) is 2.05. The number of hydrogen-bond donors (Lipinski definition) is 2. The number of aromatic nitrogens is 1. The summed E-state index contributed by atoms with van der Waals surface area (Å²) >= 11 is 0. The summed E-state index contributed by atoms with van der Waals surface area (Å²) in [6.07, 6.45) is 5.39. The van der Waals surface area contributed by atoms with Crippen molar-refractivity contribution in [3.63, 3.8) is 0 Å². The first-order chi connectivity index (χ1) is 10.7. The van der Waals surface area contributed by atoms with Gasteiger partial charge in [0.25, 0.3) is 5.91 Å². The third-order valence-electron chi connectivity index (χ3n) is 3.43. The number of pyridine rings is 1. The van der Waals surface area contributed by atoms with E-state index in [9.17, 15) is 4.79 Å². The van der Waals surface area contributed by atoms with Crippen molar-refractivity contribution in [2.24, 2.45) is 0 Å². The van der Waals surface area contributed by atoms with Gasteiger partial charge in [0.05, 0.1) is 11.3 Å². The highest BCUT2D eigenvalue weighted by Gasteiger charge is 2.06. The molecule has 0 aliphatic heterocycles. The van der Waals surface area contributed by atoms with Gasteiger partial charge in [-0.2, -0.15) is 0 Å². The second-order valence-corrected chi connectivity index (χ2v) is 5.41. The molecule has 0 aliphatic carbocycles. The number of carbonyl (C=O) groups excluding carboxylic acids is 1. The number of aryl methyl sites for hydroxylation is 1. The van der Waals surface area contributed by atoms with Gasteiger partial charge >= 0.3 is 0 Å². The third kappa shape index (κ3) is 4.88. The second-order valence-electron chi connectivity index (χ2n) is 5.41. The Morgan fingerprint density at radius 3 is 2.68 bits per heavy atom. The van der Waals surface area contributed by atoms with Gasteiger partial charge < -0.3 is 10.6 Å². The van der Waals surface area contributed by atoms with E-state index in [1.165, 1.54) is 11.1 Å². The van der Waals surface area contributed by atoms with Gasteiger partial charge in [0, 0.05) is 25.5 Å². The summed E-state index contributed by atoms with van der Waals surface area (Å²) in [7, 11) is 0. The Balaban J connectivity index is 1.93. The molecule has 0 fully saturated rings. The summed E-state index contributed by atoms with van der Waals surface area (Å²) in [5.74, 6) is -0.0695. The molecule has 0 aliphatic rings. The fraction of sp³-hybridized carbons (Fsp3) is 0.333. The van der Waals surface area contributed by atoms with Crippen LogP contribution >= 0.6 is 0 Å². The number of amides is 1. The standard InChI is InChI=1S/C18H23N3O/c1-3-4-9-20-18(22)16-10-17(13-19-12-16)21-11-15-7-5-14(2)6-8-15/h5-8,10,12-13,21H,3-4,9,11H2,1-2H3,(H,20,22). The lowest BCUT2D eigenvalue weighted by Gasteiger charge is -2.09. The van der Waals surface area contributed by atoms with Crippen LogP contribution in [0.3, 0.4) is 0 Å². The van der Waals surface area contributed by atoms with Crippen molar-refractivity contribution < 1.29 is 4.79 Å². The quantitative estimate of drug-likeness (QED) is 0.769. The predicted octanol–water partition coefficient (Wildman–Crippen LogP) is 3.53. The van der Waals surface area contributed by atoms with Crippen molar-refractivity contribution in [3.05, 3.63) is 59.4 Å². The van der Waals surface area contributed by atoms with Crippen LogP contribution in [0.1, 0.15) is 41.3 Å². The molecule has 1 aromatic carbocycles. The van der Waals surface area contributed by atoms with E-state index in [1.807, 2.05) is 6.07 Å². The molecule has 0 spiro atoms. The summed E-state index contributed by atoms with van der Waals surface area (Å²) in [6.45, 7) is 5.59. The van der Waals surface area contributed by atoms with E-state index in [1.54, 1.807) is 12.4 Å². The fourth-order valence-corrected chi connectivity index (χ4v) is 2.05. The van der Waals surface area contributed by atoms with Gasteiger partial charge in [-0.15, -0.1) is 0 Å². The average Bonchev–Trinajstić information content (AvgIpc) is 2.55. The summed E-state index contributed by atoms with van der Waals surface area (Å²) in [4.78, 5) is 16.1. The Bertz CT molecular complexity index is 608. The Kier molecular flexibility index (Phi) is 5.95. The summed E-state index contributed by atoms with van der Waals surface area (Å²) in [5, 5.41) is 6.20. The summed E-state index contributed by atoms with van der Waals surface area (Å²) in [5.41, 5.74) is 3.88. The summed E-state index contributed by atoms with van der Waals surface area (Å²) in [6, 6.07) is 10.2. The van der Waals surface area contributed by atoms with Gasteiger partial charge in [-0.25, -0.2) is 0 Å². The van der Waals surface area contributed by atoms with Gasteiger partial charge in [-0.05, 0) is 25.0 Å². The Hall–Kier alpha value is -2.36. The zero-order chi connectivity index (χ0) is 15.8. The van der Waals surface area contributed by atoms with Crippen LogP contribution in [0.2, 0.25) is 0 Å². The number of unbranched alkanes of at least 4 members (excludes halogenated alkanes) is 1. The molecular weight excluding hydrogens is 274 g/mol. The molecular formula is C18H23N3O. The van der Waals surface area contributed by atoms with Crippen LogP contribution in [0.5, 0.6) is 0 Å². The van der Waals surface area contributed by atoms with Gasteiger partial charge in [0.1, 0.15) is 0 Å². The molecule has 1 heterocycles. The normalized spacial score (nSPS) is 10.3. The number of nitrogens with zero attached hydrogens (tertiary/aromatic N) is 1. The maximum absolute atomic E-state index is 12.0. The molecule has 4 nitrogen and oxygen atoms in total.